The van der Waals surface area contributed by atoms with Gasteiger partial charge in [-0.05, 0) is 49.2 Å². The second-order valence-electron chi connectivity index (χ2n) is 4.65. The Kier molecular flexibility index (Phi) is 5.37. The number of aromatic nitrogens is 1. The Balaban J connectivity index is 2.18. The Morgan fingerprint density at radius 1 is 1.37 bits per heavy atom. The molecule has 0 saturated heterocycles. The van der Waals surface area contributed by atoms with Gasteiger partial charge in [-0.1, -0.05) is 18.5 Å². The number of rotatable bonds is 6. The van der Waals surface area contributed by atoms with E-state index in [9.17, 15) is 0 Å². The van der Waals surface area contributed by atoms with Crippen LogP contribution in [0.15, 0.2) is 30.6 Å². The van der Waals surface area contributed by atoms with E-state index >= 15 is 0 Å². The lowest BCUT2D eigenvalue weighted by Gasteiger charge is -2.20. The normalized spacial score (nSPS) is 12.6. The average molecular weight is 295 g/mol. The summed E-state index contributed by atoms with van der Waals surface area (Å²) in [5.74, 6) is 0. The fourth-order valence-electron chi connectivity index (χ4n) is 2.15. The van der Waals surface area contributed by atoms with Crippen LogP contribution in [-0.4, -0.2) is 11.5 Å². The van der Waals surface area contributed by atoms with Crippen LogP contribution in [0, 0.1) is 6.92 Å². The molecule has 4 heteroatoms. The summed E-state index contributed by atoms with van der Waals surface area (Å²) in [6.07, 6.45) is 5.90. The van der Waals surface area contributed by atoms with Gasteiger partial charge in [0.2, 0.25) is 0 Å². The zero-order valence-corrected chi connectivity index (χ0v) is 12.9. The summed E-state index contributed by atoms with van der Waals surface area (Å²) >= 11 is 7.67. The van der Waals surface area contributed by atoms with Crippen molar-refractivity contribution in [2.45, 2.75) is 32.7 Å². The Morgan fingerprint density at radius 2 is 2.21 bits per heavy atom. The van der Waals surface area contributed by atoms with Gasteiger partial charge >= 0.3 is 0 Å². The summed E-state index contributed by atoms with van der Waals surface area (Å²) < 4.78 is 0.857. The predicted molar refractivity (Wildman–Crippen MR) is 83.0 cm³/mol. The number of halogens is 1. The van der Waals surface area contributed by atoms with Crippen molar-refractivity contribution in [1.29, 1.82) is 0 Å². The highest BCUT2D eigenvalue weighted by Crippen LogP contribution is 2.27. The van der Waals surface area contributed by atoms with E-state index in [0.29, 0.717) is 6.04 Å². The summed E-state index contributed by atoms with van der Waals surface area (Å²) in [5.41, 5.74) is 2.56. The molecule has 1 atom stereocenters. The lowest BCUT2D eigenvalue weighted by atomic mass is 10.00. The minimum atomic E-state index is 0.331. The Morgan fingerprint density at radius 3 is 2.84 bits per heavy atom. The maximum atomic E-state index is 6.01. The minimum Gasteiger partial charge on any atom is -0.310 e. The molecule has 0 aliphatic carbocycles. The first-order chi connectivity index (χ1) is 9.20. The van der Waals surface area contributed by atoms with Gasteiger partial charge in [-0.2, -0.15) is 0 Å². The molecule has 2 heterocycles. The summed E-state index contributed by atoms with van der Waals surface area (Å²) in [6, 6.07) is 6.53. The molecule has 0 aliphatic heterocycles. The molecule has 0 aromatic carbocycles. The Hall–Kier alpha value is -0.900. The monoisotopic (exact) mass is 294 g/mol. The number of nitrogens with zero attached hydrogens (tertiary/aromatic N) is 1. The van der Waals surface area contributed by atoms with Crippen LogP contribution < -0.4 is 5.32 Å². The minimum absolute atomic E-state index is 0.331. The first-order valence-electron chi connectivity index (χ1n) is 6.58. The summed E-state index contributed by atoms with van der Waals surface area (Å²) in [4.78, 5) is 5.49. The van der Waals surface area contributed by atoms with Gasteiger partial charge in [-0.3, -0.25) is 4.98 Å². The molecule has 0 aliphatic rings. The van der Waals surface area contributed by atoms with Crippen molar-refractivity contribution >= 4 is 22.9 Å². The van der Waals surface area contributed by atoms with E-state index in [2.05, 4.69) is 36.3 Å². The second-order valence-corrected chi connectivity index (χ2v) is 6.45. The molecule has 2 nitrogen and oxygen atoms in total. The second kappa shape index (κ2) is 7.04. The third-order valence-electron chi connectivity index (χ3n) is 3.11. The van der Waals surface area contributed by atoms with Crippen LogP contribution >= 0.6 is 22.9 Å². The SMILES string of the molecule is CCCNC(Cc1ccc(Cl)s1)c1ccncc1C. The van der Waals surface area contributed by atoms with E-state index in [1.54, 1.807) is 11.3 Å². The first-order valence-corrected chi connectivity index (χ1v) is 7.78. The van der Waals surface area contributed by atoms with E-state index < -0.39 is 0 Å². The fraction of sp³-hybridized carbons (Fsp3) is 0.400. The third-order valence-corrected chi connectivity index (χ3v) is 4.37. The van der Waals surface area contributed by atoms with Gasteiger partial charge in [0, 0.05) is 29.7 Å². The lowest BCUT2D eigenvalue weighted by molar-refractivity contribution is 0.529. The van der Waals surface area contributed by atoms with Crippen LogP contribution in [-0.2, 0) is 6.42 Å². The Labute approximate surface area is 123 Å². The number of hydrogen-bond acceptors (Lipinski definition) is 3. The predicted octanol–water partition coefficient (Wildman–Crippen LogP) is 4.39. The van der Waals surface area contributed by atoms with Crippen molar-refractivity contribution in [3.63, 3.8) is 0 Å². The highest BCUT2D eigenvalue weighted by Gasteiger charge is 2.14. The quantitative estimate of drug-likeness (QED) is 0.855. The van der Waals surface area contributed by atoms with Crippen LogP contribution in [0.2, 0.25) is 4.34 Å². The largest absolute Gasteiger partial charge is 0.310 e. The van der Waals surface area contributed by atoms with E-state index in [-0.39, 0.29) is 0 Å². The van der Waals surface area contributed by atoms with Crippen molar-refractivity contribution in [3.05, 3.63) is 50.9 Å². The van der Waals surface area contributed by atoms with Gasteiger partial charge in [0.05, 0.1) is 4.34 Å². The van der Waals surface area contributed by atoms with Gasteiger partial charge in [-0.15, -0.1) is 11.3 Å². The lowest BCUT2D eigenvalue weighted by Crippen LogP contribution is -2.24. The maximum Gasteiger partial charge on any atom is 0.0931 e. The zero-order valence-electron chi connectivity index (χ0n) is 11.3. The molecular formula is C15H19ClN2S. The van der Waals surface area contributed by atoms with E-state index in [1.165, 1.54) is 16.0 Å². The molecule has 1 unspecified atom stereocenters. The van der Waals surface area contributed by atoms with E-state index in [4.69, 9.17) is 11.6 Å². The number of aryl methyl sites for hydroxylation is 1. The molecule has 1 N–H and O–H groups in total. The van der Waals surface area contributed by atoms with E-state index in [0.717, 1.165) is 23.7 Å². The van der Waals surface area contributed by atoms with E-state index in [1.807, 2.05) is 18.5 Å². The standard InChI is InChI=1S/C15H19ClN2S/c1-3-7-18-14(9-12-4-5-15(16)19-12)13-6-8-17-10-11(13)2/h4-6,8,10,14,18H,3,7,9H2,1-2H3. The van der Waals surface area contributed by atoms with Crippen LogP contribution in [0.4, 0.5) is 0 Å². The van der Waals surface area contributed by atoms with Crippen molar-refractivity contribution in [1.82, 2.24) is 10.3 Å². The van der Waals surface area contributed by atoms with Gasteiger partial charge < -0.3 is 5.32 Å². The molecule has 0 spiro atoms. The smallest absolute Gasteiger partial charge is 0.0931 e. The highest BCUT2D eigenvalue weighted by molar-refractivity contribution is 7.16. The van der Waals surface area contributed by atoms with Crippen LogP contribution in [0.1, 0.15) is 35.4 Å². The third kappa shape index (κ3) is 4.03. The molecule has 19 heavy (non-hydrogen) atoms. The van der Waals surface area contributed by atoms with Crippen LogP contribution in [0.25, 0.3) is 0 Å². The van der Waals surface area contributed by atoms with Crippen molar-refractivity contribution < 1.29 is 0 Å². The van der Waals surface area contributed by atoms with Gasteiger partial charge in [0.25, 0.3) is 0 Å². The summed E-state index contributed by atoms with van der Waals surface area (Å²) in [6.45, 7) is 5.32. The number of nitrogens with one attached hydrogen (secondary N) is 1. The highest BCUT2D eigenvalue weighted by atomic mass is 35.5. The topological polar surface area (TPSA) is 24.9 Å². The molecule has 102 valence electrons. The molecule has 0 amide bonds. The zero-order chi connectivity index (χ0) is 13.7. The van der Waals surface area contributed by atoms with Gasteiger partial charge in [0.1, 0.15) is 0 Å². The molecule has 2 aromatic heterocycles. The summed E-state index contributed by atoms with van der Waals surface area (Å²) in [7, 11) is 0. The van der Waals surface area contributed by atoms with Gasteiger partial charge in [0.15, 0.2) is 0 Å². The number of hydrogen-bond donors (Lipinski definition) is 1. The molecule has 0 bridgehead atoms. The maximum absolute atomic E-state index is 6.01. The fourth-order valence-corrected chi connectivity index (χ4v) is 3.28. The van der Waals surface area contributed by atoms with Crippen molar-refractivity contribution in [2.75, 3.05) is 6.54 Å². The Bertz CT molecular complexity index is 524. The van der Waals surface area contributed by atoms with Crippen molar-refractivity contribution in [3.8, 4) is 0 Å². The van der Waals surface area contributed by atoms with Crippen molar-refractivity contribution in [2.24, 2.45) is 0 Å². The average Bonchev–Trinajstić information content (AvgIpc) is 2.81. The summed E-state index contributed by atoms with van der Waals surface area (Å²) in [5, 5.41) is 3.62. The first kappa shape index (κ1) is 14.5. The molecule has 2 aromatic rings. The molecule has 2 rings (SSSR count). The van der Waals surface area contributed by atoms with Crippen LogP contribution in [0.5, 0.6) is 0 Å². The molecule has 0 fully saturated rings. The molecular weight excluding hydrogens is 276 g/mol. The molecule has 0 saturated carbocycles. The van der Waals surface area contributed by atoms with Crippen LogP contribution in [0.3, 0.4) is 0 Å². The van der Waals surface area contributed by atoms with Gasteiger partial charge in [-0.25, -0.2) is 0 Å². The molecule has 0 radical (unpaired) electrons. The number of pyridine rings is 1. The number of thiophene rings is 1.